The fourth-order valence-corrected chi connectivity index (χ4v) is 9.46. The number of piperidine rings is 1. The number of halogens is 1. The van der Waals surface area contributed by atoms with Gasteiger partial charge < -0.3 is 19.5 Å². The Morgan fingerprint density at radius 1 is 0.710 bits per heavy atom. The van der Waals surface area contributed by atoms with Crippen molar-refractivity contribution in [2.75, 3.05) is 18.0 Å². The first-order chi connectivity index (χ1) is 29.9. The van der Waals surface area contributed by atoms with Crippen LogP contribution in [-0.4, -0.2) is 34.8 Å². The van der Waals surface area contributed by atoms with Gasteiger partial charge in [0.05, 0.1) is 30.4 Å². The Morgan fingerprint density at radius 2 is 1.19 bits per heavy atom. The molecule has 7 rings (SSSR count). The zero-order chi connectivity index (χ0) is 43.6. The van der Waals surface area contributed by atoms with Crippen LogP contribution >= 0.6 is 7.82 Å². The fraction of sp³-hybridized carbons (Fsp3) is 0.280. The van der Waals surface area contributed by atoms with Crippen molar-refractivity contribution in [1.82, 2.24) is 4.98 Å². The number of anilines is 1. The van der Waals surface area contributed by atoms with Gasteiger partial charge in [0.1, 0.15) is 19.0 Å². The number of aliphatic carboxylic acids is 1. The van der Waals surface area contributed by atoms with E-state index in [2.05, 4.69) is 0 Å². The van der Waals surface area contributed by atoms with Crippen LogP contribution in [0.15, 0.2) is 152 Å². The highest BCUT2D eigenvalue weighted by Crippen LogP contribution is 2.59. The number of carboxylic acids is 1. The Morgan fingerprint density at radius 3 is 1.66 bits per heavy atom. The van der Waals surface area contributed by atoms with E-state index in [1.165, 1.54) is 6.07 Å². The van der Waals surface area contributed by atoms with Crippen LogP contribution in [0, 0.1) is 17.2 Å². The molecule has 5 aromatic carbocycles. The van der Waals surface area contributed by atoms with Crippen molar-refractivity contribution in [2.45, 2.75) is 65.6 Å². The minimum Gasteiger partial charge on any atom is -0.481 e. The Labute approximate surface area is 362 Å². The van der Waals surface area contributed by atoms with Gasteiger partial charge in [0, 0.05) is 24.7 Å². The van der Waals surface area contributed by atoms with Crippen molar-refractivity contribution in [2.24, 2.45) is 11.3 Å². The molecule has 12 heteroatoms. The summed E-state index contributed by atoms with van der Waals surface area (Å²) in [7, 11) is -4.43. The van der Waals surface area contributed by atoms with E-state index >= 15 is 4.39 Å². The lowest BCUT2D eigenvalue weighted by Crippen LogP contribution is -2.56. The van der Waals surface area contributed by atoms with Gasteiger partial charge in [-0.15, -0.1) is 0 Å². The summed E-state index contributed by atoms with van der Waals surface area (Å²) in [6.07, 6.45) is 0.198. The van der Waals surface area contributed by atoms with E-state index in [0.29, 0.717) is 35.2 Å². The molecule has 1 unspecified atom stereocenters. The average molecular weight is 859 g/mol. The molecule has 1 fully saturated rings. The third-order valence-corrected chi connectivity index (χ3v) is 12.4. The minimum atomic E-state index is -4.43. The van der Waals surface area contributed by atoms with Gasteiger partial charge in [0.15, 0.2) is 0 Å². The van der Waals surface area contributed by atoms with Crippen LogP contribution in [0.3, 0.4) is 0 Å². The molecule has 0 bridgehead atoms. The molecule has 1 aliphatic rings. The second kappa shape index (κ2) is 19.9. The van der Waals surface area contributed by atoms with Crippen molar-refractivity contribution < 1.29 is 41.9 Å². The Hall–Kier alpha value is -5.84. The number of carboxylic acid groups (broad SMARTS) is 1. The topological polar surface area (TPSA) is 117 Å². The number of phosphoric ester groups is 1. The third kappa shape index (κ3) is 11.3. The van der Waals surface area contributed by atoms with E-state index in [4.69, 9.17) is 28.0 Å². The summed E-state index contributed by atoms with van der Waals surface area (Å²) in [5.74, 6) is -2.05. The molecule has 62 heavy (non-hydrogen) atoms. The quantitative estimate of drug-likeness (QED) is 0.0837. The molecular weight excluding hydrogens is 807 g/mol. The van der Waals surface area contributed by atoms with Crippen molar-refractivity contribution in [3.8, 4) is 22.9 Å². The number of hydrogen-bond donors (Lipinski definition) is 1. The molecule has 0 spiro atoms. The van der Waals surface area contributed by atoms with Crippen LogP contribution in [0.4, 0.5) is 10.1 Å². The zero-order valence-corrected chi connectivity index (χ0v) is 36.1. The standard InChI is InChI=1S/C50H52FN2O8P/c1-49(2,3)46(48(54)55)50(61-62(56,59-35-39-20-12-6-13-21-39)60-36-40-22-14-7-15-23-40)28-30-53(31-29-50)44-26-24-41(32-43(44)51)42-25-27-45(57-33-37-16-8-4-9-17-37)52-47(42)58-34-38-18-10-5-11-19-38/h4-27,32,46H,28-31,33-36H2,1-3H3,(H,54,55). The SMILES string of the molecule is CC(C)(C)C(C(=O)O)C1(OP(=O)(OCc2ccccc2)OCc2ccccc2)CCN(c2ccc(-c3ccc(OCc4ccccc4)nc3OCc3ccccc3)cc2F)CC1. The maximum absolute atomic E-state index is 16.4. The molecule has 2 heterocycles. The predicted molar refractivity (Wildman–Crippen MR) is 237 cm³/mol. The summed E-state index contributed by atoms with van der Waals surface area (Å²) in [5, 5.41) is 10.8. The molecule has 1 atom stereocenters. The van der Waals surface area contributed by atoms with Crippen LogP contribution < -0.4 is 14.4 Å². The summed E-state index contributed by atoms with van der Waals surface area (Å²) < 4.78 is 62.0. The molecule has 1 saturated heterocycles. The van der Waals surface area contributed by atoms with Gasteiger partial charge in [-0.05, 0) is 64.3 Å². The van der Waals surface area contributed by atoms with Gasteiger partial charge in [0.2, 0.25) is 11.8 Å². The molecule has 10 nitrogen and oxygen atoms in total. The number of benzene rings is 5. The number of pyridine rings is 1. The average Bonchev–Trinajstić information content (AvgIpc) is 3.27. The highest BCUT2D eigenvalue weighted by atomic mass is 31.2. The fourth-order valence-electron chi connectivity index (χ4n) is 7.93. The van der Waals surface area contributed by atoms with Crippen LogP contribution in [0.2, 0.25) is 0 Å². The predicted octanol–water partition coefficient (Wildman–Crippen LogP) is 11.7. The lowest BCUT2D eigenvalue weighted by atomic mass is 9.67. The Bertz CT molecular complexity index is 2380. The molecule has 1 aromatic heterocycles. The van der Waals surface area contributed by atoms with E-state index in [0.717, 1.165) is 22.3 Å². The second-order valence-corrected chi connectivity index (χ2v) is 18.1. The largest absolute Gasteiger partial charge is 0.481 e. The maximum Gasteiger partial charge on any atom is 0.476 e. The monoisotopic (exact) mass is 858 g/mol. The first-order valence-electron chi connectivity index (χ1n) is 20.7. The minimum absolute atomic E-state index is 0.0854. The number of hydrogen-bond acceptors (Lipinski definition) is 9. The summed E-state index contributed by atoms with van der Waals surface area (Å²) in [6.45, 7) is 6.25. The van der Waals surface area contributed by atoms with Crippen LogP contribution in [0.25, 0.3) is 11.1 Å². The zero-order valence-electron chi connectivity index (χ0n) is 35.2. The highest BCUT2D eigenvalue weighted by molar-refractivity contribution is 7.48. The first kappa shape index (κ1) is 44.2. The van der Waals surface area contributed by atoms with Gasteiger partial charge in [-0.3, -0.25) is 18.4 Å². The van der Waals surface area contributed by atoms with Crippen molar-refractivity contribution in [1.29, 1.82) is 0 Å². The summed E-state index contributed by atoms with van der Waals surface area (Å²) >= 11 is 0. The normalized spacial score (nSPS) is 14.5. The number of ether oxygens (including phenoxy) is 2. The van der Waals surface area contributed by atoms with Gasteiger partial charge in [0.25, 0.3) is 0 Å². The molecule has 1 N–H and O–H groups in total. The van der Waals surface area contributed by atoms with Crippen molar-refractivity contribution >= 4 is 19.5 Å². The van der Waals surface area contributed by atoms with E-state index in [1.54, 1.807) is 12.1 Å². The number of phosphoric acid groups is 1. The number of nitrogens with zero attached hydrogens (tertiary/aromatic N) is 2. The van der Waals surface area contributed by atoms with E-state index in [1.807, 2.05) is 159 Å². The molecular formula is C50H52FN2O8P. The molecule has 0 aliphatic carbocycles. The molecule has 0 amide bonds. The Kier molecular flexibility index (Phi) is 14.2. The smallest absolute Gasteiger partial charge is 0.476 e. The number of rotatable bonds is 18. The van der Waals surface area contributed by atoms with Crippen LogP contribution in [0.5, 0.6) is 11.8 Å². The summed E-state index contributed by atoms with van der Waals surface area (Å²) in [4.78, 5) is 19.8. The molecule has 6 aromatic rings. The van der Waals surface area contributed by atoms with Crippen LogP contribution in [-0.2, 0) is 49.4 Å². The number of aromatic nitrogens is 1. The molecule has 0 saturated carbocycles. The maximum atomic E-state index is 16.4. The molecule has 0 radical (unpaired) electrons. The van der Waals surface area contributed by atoms with Crippen LogP contribution in [0.1, 0.15) is 55.9 Å². The summed E-state index contributed by atoms with van der Waals surface area (Å²) in [6, 6.07) is 46.4. The molecule has 1 aliphatic heterocycles. The van der Waals surface area contributed by atoms with Gasteiger partial charge in [-0.2, -0.15) is 4.98 Å². The first-order valence-corrected chi connectivity index (χ1v) is 22.2. The summed E-state index contributed by atoms with van der Waals surface area (Å²) in [5.41, 5.74) is 2.55. The number of carbonyl (C=O) groups is 1. The molecule has 322 valence electrons. The van der Waals surface area contributed by atoms with E-state index in [9.17, 15) is 14.5 Å². The van der Waals surface area contributed by atoms with E-state index < -0.39 is 36.5 Å². The Balaban J connectivity index is 1.14. The lowest BCUT2D eigenvalue weighted by Gasteiger charge is -2.49. The van der Waals surface area contributed by atoms with Gasteiger partial charge in [-0.25, -0.2) is 8.96 Å². The van der Waals surface area contributed by atoms with Gasteiger partial charge in [-0.1, -0.05) is 148 Å². The lowest BCUT2D eigenvalue weighted by molar-refractivity contribution is -0.162. The van der Waals surface area contributed by atoms with Crippen molar-refractivity contribution in [3.05, 3.63) is 180 Å². The third-order valence-electron chi connectivity index (χ3n) is 10.9. The van der Waals surface area contributed by atoms with Crippen molar-refractivity contribution in [3.63, 3.8) is 0 Å². The van der Waals surface area contributed by atoms with E-state index in [-0.39, 0.29) is 45.8 Å². The highest BCUT2D eigenvalue weighted by Gasteiger charge is 2.55. The van der Waals surface area contributed by atoms with Gasteiger partial charge >= 0.3 is 13.8 Å². The second-order valence-electron chi connectivity index (χ2n) is 16.5.